The maximum Gasteiger partial charge on any atom is 0.253 e. The van der Waals surface area contributed by atoms with Crippen molar-refractivity contribution in [2.75, 3.05) is 43.4 Å². The number of carbonyl (C=O) groups excluding carboxylic acids is 1. The van der Waals surface area contributed by atoms with Crippen LogP contribution in [0.25, 0.3) is 11.3 Å². The lowest BCUT2D eigenvalue weighted by Crippen LogP contribution is -2.44. The molecule has 0 spiro atoms. The van der Waals surface area contributed by atoms with Crippen LogP contribution < -0.4 is 21.1 Å². The molecule has 194 valence electrons. The Balaban J connectivity index is 1.64. The molecule has 4 heterocycles. The number of hydrogen-bond acceptors (Lipinski definition) is 8. The van der Waals surface area contributed by atoms with Gasteiger partial charge < -0.3 is 30.8 Å². The minimum atomic E-state index is -0.393. The topological polar surface area (TPSA) is 130 Å². The Morgan fingerprint density at radius 1 is 1.19 bits per heavy atom. The highest BCUT2D eigenvalue weighted by atomic mass is 16.1. The minimum absolute atomic E-state index is 0.0428. The van der Waals surface area contributed by atoms with Gasteiger partial charge in [-0.25, -0.2) is 9.97 Å². The average molecular weight is 503 g/mol. The third-order valence-corrected chi connectivity index (χ3v) is 6.32. The smallest absolute Gasteiger partial charge is 0.253 e. The molecule has 0 atom stereocenters. The average Bonchev–Trinajstić information content (AvgIpc) is 2.88. The Bertz CT molecular complexity index is 1330. The van der Waals surface area contributed by atoms with Gasteiger partial charge in [-0.15, -0.1) is 0 Å². The SMILES string of the molecule is Cc1ccc(CNC(=O)c2cc(-c3ccc(N4CCN(C)CC4)nc3)nc(NC(C)C)c2C=N)c(=O)[nH]1. The molecule has 4 N–H and O–H groups in total. The Kier molecular flexibility index (Phi) is 7.98. The molecular formula is C27H34N8O2. The molecule has 0 radical (unpaired) electrons. The lowest BCUT2D eigenvalue weighted by Gasteiger charge is -2.33. The van der Waals surface area contributed by atoms with Crippen LogP contribution in [-0.2, 0) is 6.54 Å². The van der Waals surface area contributed by atoms with E-state index in [1.165, 1.54) is 0 Å². The fraction of sp³-hybridized carbons (Fsp3) is 0.370. The largest absolute Gasteiger partial charge is 0.367 e. The number of H-pyrrole nitrogens is 1. The van der Waals surface area contributed by atoms with Gasteiger partial charge in [-0.1, -0.05) is 6.07 Å². The second-order valence-electron chi connectivity index (χ2n) is 9.63. The van der Waals surface area contributed by atoms with E-state index in [1.54, 1.807) is 31.3 Å². The van der Waals surface area contributed by atoms with Gasteiger partial charge >= 0.3 is 0 Å². The maximum absolute atomic E-state index is 13.3. The van der Waals surface area contributed by atoms with Crippen molar-refractivity contribution in [3.63, 3.8) is 0 Å². The number of likely N-dealkylation sites (N-methyl/N-ethyl adjacent to an activating group) is 1. The molecule has 1 aliphatic rings. The number of nitrogens with zero attached hydrogens (tertiary/aromatic N) is 4. The fourth-order valence-electron chi connectivity index (χ4n) is 4.19. The normalized spacial score (nSPS) is 14.0. The summed E-state index contributed by atoms with van der Waals surface area (Å²) < 4.78 is 0. The van der Waals surface area contributed by atoms with Gasteiger partial charge in [0.1, 0.15) is 11.6 Å². The molecular weight excluding hydrogens is 468 g/mol. The number of piperazine rings is 1. The van der Waals surface area contributed by atoms with Gasteiger partial charge in [-0.3, -0.25) is 9.59 Å². The van der Waals surface area contributed by atoms with Crippen LogP contribution in [-0.4, -0.2) is 71.2 Å². The van der Waals surface area contributed by atoms with Gasteiger partial charge in [-0.05, 0) is 52.1 Å². The van der Waals surface area contributed by atoms with Crippen molar-refractivity contribution in [1.82, 2.24) is 25.2 Å². The number of anilines is 2. The van der Waals surface area contributed by atoms with Crippen LogP contribution in [0.5, 0.6) is 0 Å². The van der Waals surface area contributed by atoms with E-state index < -0.39 is 5.91 Å². The summed E-state index contributed by atoms with van der Waals surface area (Å²) in [5.74, 6) is 0.967. The number of aryl methyl sites for hydroxylation is 1. The van der Waals surface area contributed by atoms with Gasteiger partial charge in [0.05, 0.1) is 11.3 Å². The molecule has 3 aromatic heterocycles. The molecule has 0 aromatic carbocycles. The van der Waals surface area contributed by atoms with E-state index in [0.717, 1.165) is 49.5 Å². The first-order valence-electron chi connectivity index (χ1n) is 12.4. The third-order valence-electron chi connectivity index (χ3n) is 6.32. The van der Waals surface area contributed by atoms with Crippen LogP contribution in [0.2, 0.25) is 0 Å². The molecule has 4 rings (SSSR count). The first-order chi connectivity index (χ1) is 17.7. The van der Waals surface area contributed by atoms with E-state index in [9.17, 15) is 9.59 Å². The van der Waals surface area contributed by atoms with Crippen LogP contribution >= 0.6 is 0 Å². The highest BCUT2D eigenvalue weighted by Crippen LogP contribution is 2.26. The molecule has 1 saturated heterocycles. The zero-order chi connectivity index (χ0) is 26.5. The highest BCUT2D eigenvalue weighted by Gasteiger charge is 2.20. The third kappa shape index (κ3) is 6.21. The monoisotopic (exact) mass is 502 g/mol. The number of aromatic nitrogens is 3. The zero-order valence-electron chi connectivity index (χ0n) is 21.8. The molecule has 0 saturated carbocycles. The van der Waals surface area contributed by atoms with Crippen molar-refractivity contribution in [3.8, 4) is 11.3 Å². The second kappa shape index (κ2) is 11.3. The molecule has 1 fully saturated rings. The van der Waals surface area contributed by atoms with Crippen molar-refractivity contribution >= 4 is 23.8 Å². The first kappa shape index (κ1) is 26.0. The summed E-state index contributed by atoms with van der Waals surface area (Å²) >= 11 is 0. The predicted molar refractivity (Wildman–Crippen MR) is 147 cm³/mol. The summed E-state index contributed by atoms with van der Waals surface area (Å²) in [5.41, 5.74) is 2.99. The van der Waals surface area contributed by atoms with Crippen molar-refractivity contribution in [2.45, 2.75) is 33.4 Å². The number of pyridine rings is 3. The summed E-state index contributed by atoms with van der Waals surface area (Å²) in [6.07, 6.45) is 2.90. The molecule has 0 bridgehead atoms. The molecule has 10 nitrogen and oxygen atoms in total. The Morgan fingerprint density at radius 3 is 2.57 bits per heavy atom. The summed E-state index contributed by atoms with van der Waals surface area (Å²) in [6.45, 7) is 9.64. The van der Waals surface area contributed by atoms with Gasteiger partial charge in [0.15, 0.2) is 0 Å². The van der Waals surface area contributed by atoms with E-state index in [2.05, 4.69) is 37.4 Å². The first-order valence-corrected chi connectivity index (χ1v) is 12.4. The number of carbonyl (C=O) groups is 1. The van der Waals surface area contributed by atoms with Crippen LogP contribution in [0, 0.1) is 12.3 Å². The molecule has 3 aromatic rings. The lowest BCUT2D eigenvalue weighted by molar-refractivity contribution is 0.0950. The number of rotatable bonds is 8. The van der Waals surface area contributed by atoms with Crippen LogP contribution in [0.4, 0.5) is 11.6 Å². The zero-order valence-corrected chi connectivity index (χ0v) is 21.8. The van der Waals surface area contributed by atoms with Gasteiger partial charge in [0.25, 0.3) is 11.5 Å². The van der Waals surface area contributed by atoms with E-state index in [-0.39, 0.29) is 18.1 Å². The molecule has 0 aliphatic carbocycles. The summed E-state index contributed by atoms with van der Waals surface area (Å²) in [6, 6.07) is 9.14. The van der Waals surface area contributed by atoms with Crippen molar-refractivity contribution in [2.24, 2.45) is 0 Å². The van der Waals surface area contributed by atoms with E-state index in [4.69, 9.17) is 10.4 Å². The van der Waals surface area contributed by atoms with Gasteiger partial charge in [0, 0.05) is 73.6 Å². The Labute approximate surface area is 216 Å². The van der Waals surface area contributed by atoms with Crippen LogP contribution in [0.15, 0.2) is 41.3 Å². The Morgan fingerprint density at radius 2 is 1.95 bits per heavy atom. The number of aromatic amines is 1. The summed E-state index contributed by atoms with van der Waals surface area (Å²) in [4.78, 5) is 42.2. The van der Waals surface area contributed by atoms with E-state index >= 15 is 0 Å². The van der Waals surface area contributed by atoms with Crippen molar-refractivity contribution in [1.29, 1.82) is 5.41 Å². The number of amides is 1. The molecule has 1 aliphatic heterocycles. The minimum Gasteiger partial charge on any atom is -0.367 e. The summed E-state index contributed by atoms with van der Waals surface area (Å²) in [7, 11) is 2.12. The fourth-order valence-corrected chi connectivity index (χ4v) is 4.19. The van der Waals surface area contributed by atoms with E-state index in [0.29, 0.717) is 28.2 Å². The second-order valence-corrected chi connectivity index (χ2v) is 9.63. The Hall–Kier alpha value is -4.05. The number of hydrogen-bond donors (Lipinski definition) is 4. The number of nitrogens with one attached hydrogen (secondary N) is 4. The molecule has 1 amide bonds. The summed E-state index contributed by atoms with van der Waals surface area (Å²) in [5, 5.41) is 14.1. The van der Waals surface area contributed by atoms with Gasteiger partial charge in [0.2, 0.25) is 0 Å². The van der Waals surface area contributed by atoms with Crippen molar-refractivity contribution < 1.29 is 4.79 Å². The lowest BCUT2D eigenvalue weighted by atomic mass is 10.0. The van der Waals surface area contributed by atoms with E-state index in [1.807, 2.05) is 26.0 Å². The molecule has 0 unspecified atom stereocenters. The predicted octanol–water partition coefficient (Wildman–Crippen LogP) is 2.64. The van der Waals surface area contributed by atoms with Crippen molar-refractivity contribution in [3.05, 3.63) is 69.3 Å². The standard InChI is InChI=1S/C27H34N8O2/c1-17(2)31-25-22(14-28)21(27(37)30-16-20-6-5-18(3)32-26(20)36)13-23(33-25)19-7-8-24(29-15-19)35-11-9-34(4)10-12-35/h5-8,13-15,17,28H,9-12,16H2,1-4H3,(H,30,37)(H,31,33)(H,32,36). The molecule has 37 heavy (non-hydrogen) atoms. The van der Waals surface area contributed by atoms with Crippen LogP contribution in [0.1, 0.15) is 41.0 Å². The van der Waals surface area contributed by atoms with Gasteiger partial charge in [-0.2, -0.15) is 0 Å². The maximum atomic E-state index is 13.3. The quantitative estimate of drug-likeness (QED) is 0.348. The molecule has 10 heteroatoms. The highest BCUT2D eigenvalue weighted by molar-refractivity contribution is 6.05. The van der Waals surface area contributed by atoms with Crippen LogP contribution in [0.3, 0.4) is 0 Å².